The molecule has 0 atom stereocenters. The van der Waals surface area contributed by atoms with Gasteiger partial charge < -0.3 is 14.2 Å². The summed E-state index contributed by atoms with van der Waals surface area (Å²) < 4.78 is 17.5. The van der Waals surface area contributed by atoms with Crippen LogP contribution in [0.5, 0.6) is 11.5 Å². The Morgan fingerprint density at radius 2 is 1.85 bits per heavy atom. The van der Waals surface area contributed by atoms with Crippen molar-refractivity contribution in [3.8, 4) is 11.5 Å². The normalized spacial score (nSPS) is 14.0. The van der Waals surface area contributed by atoms with Gasteiger partial charge in [0.05, 0.1) is 15.6 Å². The maximum Gasteiger partial charge on any atom is 0.363 e. The molecular weight excluding hydrogens is 575 g/mol. The molecule has 172 valence electrons. The molecule has 0 bridgehead atoms. The van der Waals surface area contributed by atoms with E-state index in [1.165, 1.54) is 31.4 Å². The second kappa shape index (κ2) is 10.2. The summed E-state index contributed by atoms with van der Waals surface area (Å²) in [5.41, 5.74) is 2.11. The third-order valence-electron chi connectivity index (χ3n) is 4.80. The van der Waals surface area contributed by atoms with E-state index in [4.69, 9.17) is 25.8 Å². The predicted octanol–water partition coefficient (Wildman–Crippen LogP) is 5.78. The van der Waals surface area contributed by atoms with Crippen molar-refractivity contribution in [1.29, 1.82) is 0 Å². The molecule has 0 fully saturated rings. The Balaban J connectivity index is 1.57. The zero-order chi connectivity index (χ0) is 24.2. The molecule has 3 aromatic rings. The van der Waals surface area contributed by atoms with Gasteiger partial charge in [0.25, 0.3) is 5.69 Å². The number of cyclic esters (lactones) is 1. The maximum atomic E-state index is 12.3. The summed E-state index contributed by atoms with van der Waals surface area (Å²) in [6, 6.07) is 16.5. The molecule has 0 amide bonds. The summed E-state index contributed by atoms with van der Waals surface area (Å²) in [6.45, 7) is 0.333. The first-order chi connectivity index (χ1) is 16.3. The molecule has 34 heavy (non-hydrogen) atoms. The fourth-order valence-electron chi connectivity index (χ4n) is 3.12. The van der Waals surface area contributed by atoms with E-state index in [2.05, 4.69) is 27.6 Å². The Bertz CT molecular complexity index is 1320. The van der Waals surface area contributed by atoms with E-state index in [0.29, 0.717) is 34.3 Å². The first kappa shape index (κ1) is 23.7. The topological polar surface area (TPSA) is 100 Å². The van der Waals surface area contributed by atoms with E-state index in [-0.39, 0.29) is 17.3 Å². The molecule has 0 unspecified atom stereocenters. The summed E-state index contributed by atoms with van der Waals surface area (Å²) in [7, 11) is 1.53. The number of nitro groups is 1. The maximum absolute atomic E-state index is 12.3. The van der Waals surface area contributed by atoms with E-state index < -0.39 is 10.9 Å². The molecule has 0 N–H and O–H groups in total. The molecule has 10 heteroatoms. The first-order valence-electron chi connectivity index (χ1n) is 9.86. The highest BCUT2D eigenvalue weighted by atomic mass is 127. The van der Waals surface area contributed by atoms with Crippen molar-refractivity contribution in [2.45, 2.75) is 6.61 Å². The number of methoxy groups -OCH3 is 1. The predicted molar refractivity (Wildman–Crippen MR) is 135 cm³/mol. The smallest absolute Gasteiger partial charge is 0.363 e. The average Bonchev–Trinajstić information content (AvgIpc) is 3.19. The lowest BCUT2D eigenvalue weighted by atomic mass is 10.1. The largest absolute Gasteiger partial charge is 0.493 e. The third kappa shape index (κ3) is 5.37. The van der Waals surface area contributed by atoms with E-state index in [1.54, 1.807) is 24.3 Å². The van der Waals surface area contributed by atoms with Crippen LogP contribution in [0.3, 0.4) is 0 Å². The minimum absolute atomic E-state index is 0.0653. The van der Waals surface area contributed by atoms with Crippen molar-refractivity contribution < 1.29 is 23.9 Å². The number of hydrogen-bond donors (Lipinski definition) is 0. The molecule has 0 aliphatic carbocycles. The molecule has 0 radical (unpaired) electrons. The van der Waals surface area contributed by atoms with Crippen LogP contribution < -0.4 is 9.47 Å². The number of benzene rings is 3. The molecule has 3 aromatic carbocycles. The van der Waals surface area contributed by atoms with Crippen LogP contribution in [0.1, 0.15) is 16.7 Å². The fourth-order valence-corrected chi connectivity index (χ4v) is 4.02. The average molecular weight is 591 g/mol. The Morgan fingerprint density at radius 3 is 2.50 bits per heavy atom. The van der Waals surface area contributed by atoms with Crippen LogP contribution in [0.2, 0.25) is 5.02 Å². The number of aliphatic imine (C=N–C) groups is 1. The van der Waals surface area contributed by atoms with Crippen molar-refractivity contribution in [3.05, 3.63) is 102 Å². The molecule has 1 heterocycles. The summed E-state index contributed by atoms with van der Waals surface area (Å²) in [5.74, 6) is 0.532. The van der Waals surface area contributed by atoms with Crippen molar-refractivity contribution >= 4 is 57.8 Å². The molecule has 8 nitrogen and oxygen atoms in total. The van der Waals surface area contributed by atoms with Gasteiger partial charge in [0, 0.05) is 22.7 Å². The van der Waals surface area contributed by atoms with Gasteiger partial charge in [-0.15, -0.1) is 0 Å². The number of carbonyl (C=O) groups is 1. The minimum atomic E-state index is -0.620. The van der Waals surface area contributed by atoms with Gasteiger partial charge in [0.1, 0.15) is 6.61 Å². The van der Waals surface area contributed by atoms with Gasteiger partial charge in [-0.1, -0.05) is 23.7 Å². The van der Waals surface area contributed by atoms with Crippen LogP contribution in [-0.4, -0.2) is 23.9 Å². The number of carbonyl (C=O) groups excluding carboxylic acids is 1. The minimum Gasteiger partial charge on any atom is -0.493 e. The van der Waals surface area contributed by atoms with Gasteiger partial charge in [-0.05, 0) is 76.2 Å². The number of ether oxygens (including phenoxy) is 3. The number of hydrogen-bond acceptors (Lipinski definition) is 7. The van der Waals surface area contributed by atoms with Crippen LogP contribution in [-0.2, 0) is 16.1 Å². The monoisotopic (exact) mass is 590 g/mol. The van der Waals surface area contributed by atoms with Crippen LogP contribution >= 0.6 is 34.2 Å². The summed E-state index contributed by atoms with van der Waals surface area (Å²) in [6.07, 6.45) is 1.58. The number of nitrogens with zero attached hydrogens (tertiary/aromatic N) is 2. The Hall–Kier alpha value is -3.44. The van der Waals surface area contributed by atoms with E-state index in [0.717, 1.165) is 9.13 Å². The lowest BCUT2D eigenvalue weighted by Crippen LogP contribution is -2.05. The molecule has 0 aromatic heterocycles. The quantitative estimate of drug-likeness (QED) is 0.114. The molecule has 1 aliphatic heterocycles. The van der Waals surface area contributed by atoms with Crippen molar-refractivity contribution in [1.82, 2.24) is 0 Å². The number of nitro benzene ring substituents is 1. The second-order valence-electron chi connectivity index (χ2n) is 7.09. The van der Waals surface area contributed by atoms with Crippen molar-refractivity contribution in [2.24, 2.45) is 4.99 Å². The Labute approximate surface area is 213 Å². The molecule has 0 saturated carbocycles. The third-order valence-corrected chi connectivity index (χ3v) is 5.85. The standard InChI is InChI=1S/C24H16ClIN2O6/c1-32-21-12-15(10-19(26)22(21)33-13-14-2-6-17(25)7-3-14)11-20-24(29)34-23(27-20)16-4-8-18(9-5-16)28(30)31/h2-12H,13H2,1H3/b20-11-. The SMILES string of the molecule is COc1cc(/C=C2\N=C(c3ccc([N+](=O)[O-])cc3)OC2=O)cc(I)c1OCc1ccc(Cl)cc1. The van der Waals surface area contributed by atoms with Gasteiger partial charge in [-0.3, -0.25) is 10.1 Å². The zero-order valence-electron chi connectivity index (χ0n) is 17.7. The van der Waals surface area contributed by atoms with Gasteiger partial charge in [0.2, 0.25) is 5.90 Å². The van der Waals surface area contributed by atoms with Crippen molar-refractivity contribution in [2.75, 3.05) is 7.11 Å². The Kier molecular flexibility index (Phi) is 7.13. The van der Waals surface area contributed by atoms with E-state index in [9.17, 15) is 14.9 Å². The lowest BCUT2D eigenvalue weighted by Gasteiger charge is -2.14. The van der Waals surface area contributed by atoms with Crippen LogP contribution in [0.4, 0.5) is 5.69 Å². The van der Waals surface area contributed by atoms with Gasteiger partial charge >= 0.3 is 5.97 Å². The highest BCUT2D eigenvalue weighted by molar-refractivity contribution is 14.1. The highest BCUT2D eigenvalue weighted by Crippen LogP contribution is 2.35. The summed E-state index contributed by atoms with van der Waals surface area (Å²) in [4.78, 5) is 26.9. The van der Waals surface area contributed by atoms with Gasteiger partial charge in [-0.25, -0.2) is 9.79 Å². The van der Waals surface area contributed by atoms with E-state index >= 15 is 0 Å². The molecule has 1 aliphatic rings. The molecule has 4 rings (SSSR count). The van der Waals surface area contributed by atoms with E-state index in [1.807, 2.05) is 18.2 Å². The first-order valence-corrected chi connectivity index (χ1v) is 11.3. The van der Waals surface area contributed by atoms with Crippen LogP contribution in [0.25, 0.3) is 6.08 Å². The van der Waals surface area contributed by atoms with Gasteiger partial charge in [-0.2, -0.15) is 0 Å². The summed E-state index contributed by atoms with van der Waals surface area (Å²) in [5, 5.41) is 11.5. The van der Waals surface area contributed by atoms with Crippen LogP contribution in [0, 0.1) is 13.7 Å². The highest BCUT2D eigenvalue weighted by Gasteiger charge is 2.25. The Morgan fingerprint density at radius 1 is 1.15 bits per heavy atom. The lowest BCUT2D eigenvalue weighted by molar-refractivity contribution is -0.384. The number of esters is 1. The van der Waals surface area contributed by atoms with Crippen LogP contribution in [0.15, 0.2) is 71.4 Å². The summed E-state index contributed by atoms with van der Waals surface area (Å²) >= 11 is 8.06. The van der Waals surface area contributed by atoms with Gasteiger partial charge in [0.15, 0.2) is 17.2 Å². The zero-order valence-corrected chi connectivity index (χ0v) is 20.6. The van der Waals surface area contributed by atoms with Crippen molar-refractivity contribution in [3.63, 3.8) is 0 Å². The second-order valence-corrected chi connectivity index (χ2v) is 8.69. The molecular formula is C24H16ClIN2O6. The number of rotatable bonds is 7. The number of halogens is 2. The number of non-ortho nitro benzene ring substituents is 1. The molecule has 0 saturated heterocycles. The fraction of sp³-hybridized carbons (Fsp3) is 0.0833. The molecule has 0 spiro atoms.